The summed E-state index contributed by atoms with van der Waals surface area (Å²) in [5.41, 5.74) is 0. The molecule has 0 aromatic carbocycles. The Hall–Kier alpha value is -0.610. The lowest BCUT2D eigenvalue weighted by Crippen LogP contribution is -2.38. The summed E-state index contributed by atoms with van der Waals surface area (Å²) in [7, 11) is 1.27. The number of carboxylic acids is 1. The lowest BCUT2D eigenvalue weighted by molar-refractivity contribution is -0.157. The fourth-order valence-corrected chi connectivity index (χ4v) is 0.736. The van der Waals surface area contributed by atoms with Crippen molar-refractivity contribution in [2.45, 2.75) is 26.1 Å². The van der Waals surface area contributed by atoms with Crippen LogP contribution in [0.15, 0.2) is 0 Å². The van der Waals surface area contributed by atoms with Crippen LogP contribution in [0, 0.1) is 5.92 Å². The van der Waals surface area contributed by atoms with Crippen LogP contribution in [0.2, 0.25) is 0 Å². The quantitative estimate of drug-likeness (QED) is 0.615. The largest absolute Gasteiger partial charge is 0.479 e. The number of ether oxygens (including phenoxy) is 1. The van der Waals surface area contributed by atoms with Crippen LogP contribution in [-0.4, -0.2) is 35.5 Å². The molecule has 0 rings (SSSR count). The fourth-order valence-electron chi connectivity index (χ4n) is 0.736. The van der Waals surface area contributed by atoms with Crippen LogP contribution in [0.3, 0.4) is 0 Å². The van der Waals surface area contributed by atoms with E-state index in [4.69, 9.17) is 5.11 Å². The lowest BCUT2D eigenvalue weighted by Gasteiger charge is -2.20. The highest BCUT2D eigenvalue weighted by Crippen LogP contribution is 2.08. The molecule has 2 atom stereocenters. The van der Waals surface area contributed by atoms with Gasteiger partial charge in [0.25, 0.3) is 0 Å². The molecule has 4 nitrogen and oxygen atoms in total. The van der Waals surface area contributed by atoms with Gasteiger partial charge in [0.1, 0.15) is 0 Å². The number of methoxy groups -OCH3 is 1. The average molecular weight is 162 g/mol. The summed E-state index contributed by atoms with van der Waals surface area (Å²) in [5, 5.41) is 17.8. The third-order valence-corrected chi connectivity index (χ3v) is 1.49. The highest BCUT2D eigenvalue weighted by Gasteiger charge is 2.28. The molecule has 0 saturated carbocycles. The van der Waals surface area contributed by atoms with Crippen molar-refractivity contribution in [3.8, 4) is 0 Å². The predicted octanol–water partition coefficient (Wildman–Crippen LogP) is 0.103. The first-order valence-corrected chi connectivity index (χ1v) is 3.44. The van der Waals surface area contributed by atoms with Crippen LogP contribution in [0.4, 0.5) is 0 Å². The van der Waals surface area contributed by atoms with Gasteiger partial charge in [-0.1, -0.05) is 13.8 Å². The fraction of sp³-hybridized carbons (Fsp3) is 0.857. The number of rotatable bonds is 4. The SMILES string of the molecule is COC(C(=O)O)C(O)C(C)C. The molecule has 0 heterocycles. The second kappa shape index (κ2) is 4.31. The molecule has 0 aliphatic carbocycles. The van der Waals surface area contributed by atoms with E-state index < -0.39 is 18.2 Å². The Bertz CT molecular complexity index is 132. The van der Waals surface area contributed by atoms with Gasteiger partial charge < -0.3 is 14.9 Å². The Labute approximate surface area is 65.8 Å². The van der Waals surface area contributed by atoms with E-state index in [1.807, 2.05) is 0 Å². The molecule has 11 heavy (non-hydrogen) atoms. The van der Waals surface area contributed by atoms with Crippen molar-refractivity contribution in [2.24, 2.45) is 5.92 Å². The summed E-state index contributed by atoms with van der Waals surface area (Å²) in [6, 6.07) is 0. The van der Waals surface area contributed by atoms with E-state index in [9.17, 15) is 9.90 Å². The Balaban J connectivity index is 4.14. The van der Waals surface area contributed by atoms with Gasteiger partial charge in [0.15, 0.2) is 6.10 Å². The minimum Gasteiger partial charge on any atom is -0.479 e. The minimum atomic E-state index is -1.13. The van der Waals surface area contributed by atoms with E-state index >= 15 is 0 Å². The predicted molar refractivity (Wildman–Crippen MR) is 39.3 cm³/mol. The summed E-state index contributed by atoms with van der Waals surface area (Å²) in [5.74, 6) is -1.25. The maximum absolute atomic E-state index is 10.4. The molecule has 2 unspecified atom stereocenters. The van der Waals surface area contributed by atoms with Gasteiger partial charge in [-0.2, -0.15) is 0 Å². The molecule has 0 saturated heterocycles. The average Bonchev–Trinajstić information content (AvgIpc) is 1.88. The summed E-state index contributed by atoms with van der Waals surface area (Å²) >= 11 is 0. The standard InChI is InChI=1S/C7H14O4/c1-4(2)5(8)6(11-3)7(9)10/h4-6,8H,1-3H3,(H,9,10). The first-order valence-electron chi connectivity index (χ1n) is 3.44. The molecular formula is C7H14O4. The second-order valence-electron chi connectivity index (χ2n) is 2.73. The molecule has 66 valence electrons. The third-order valence-electron chi connectivity index (χ3n) is 1.49. The van der Waals surface area contributed by atoms with Gasteiger partial charge in [0.05, 0.1) is 6.10 Å². The van der Waals surface area contributed by atoms with Crippen LogP contribution in [0.5, 0.6) is 0 Å². The van der Waals surface area contributed by atoms with E-state index in [0.717, 1.165) is 0 Å². The van der Waals surface area contributed by atoms with Crippen molar-refractivity contribution < 1.29 is 19.7 Å². The van der Waals surface area contributed by atoms with Gasteiger partial charge in [-0.25, -0.2) is 4.79 Å². The molecule has 0 amide bonds. The topological polar surface area (TPSA) is 66.8 Å². The second-order valence-corrected chi connectivity index (χ2v) is 2.73. The van der Waals surface area contributed by atoms with Gasteiger partial charge in [-0.3, -0.25) is 0 Å². The van der Waals surface area contributed by atoms with E-state index in [2.05, 4.69) is 4.74 Å². The van der Waals surface area contributed by atoms with Gasteiger partial charge in [0.2, 0.25) is 0 Å². The zero-order valence-corrected chi connectivity index (χ0v) is 6.94. The normalized spacial score (nSPS) is 16.5. The summed E-state index contributed by atoms with van der Waals surface area (Å²) in [4.78, 5) is 10.4. The third kappa shape index (κ3) is 2.86. The number of hydrogen-bond donors (Lipinski definition) is 2. The molecule has 0 spiro atoms. The summed E-state index contributed by atoms with van der Waals surface area (Å²) in [6.07, 6.45) is -2.06. The summed E-state index contributed by atoms with van der Waals surface area (Å²) in [6.45, 7) is 3.47. The Kier molecular flexibility index (Phi) is 4.07. The minimum absolute atomic E-state index is 0.115. The number of carboxylic acid groups (broad SMARTS) is 1. The Morgan fingerprint density at radius 2 is 1.91 bits per heavy atom. The van der Waals surface area contributed by atoms with Gasteiger partial charge in [-0.15, -0.1) is 0 Å². The lowest BCUT2D eigenvalue weighted by atomic mass is 10.0. The van der Waals surface area contributed by atoms with Crippen molar-refractivity contribution in [3.63, 3.8) is 0 Å². The maximum atomic E-state index is 10.4. The van der Waals surface area contributed by atoms with Crippen molar-refractivity contribution in [1.29, 1.82) is 0 Å². The number of aliphatic carboxylic acids is 1. The highest BCUT2D eigenvalue weighted by molar-refractivity contribution is 5.73. The molecule has 0 bridgehead atoms. The highest BCUT2D eigenvalue weighted by atomic mass is 16.5. The van der Waals surface area contributed by atoms with Crippen molar-refractivity contribution >= 4 is 5.97 Å². The van der Waals surface area contributed by atoms with Gasteiger partial charge >= 0.3 is 5.97 Å². The molecule has 4 heteroatoms. The van der Waals surface area contributed by atoms with E-state index in [0.29, 0.717) is 0 Å². The maximum Gasteiger partial charge on any atom is 0.335 e. The zero-order chi connectivity index (χ0) is 9.02. The Morgan fingerprint density at radius 1 is 1.45 bits per heavy atom. The molecule has 0 fully saturated rings. The number of hydrogen-bond acceptors (Lipinski definition) is 3. The van der Waals surface area contributed by atoms with Crippen LogP contribution < -0.4 is 0 Å². The first kappa shape index (κ1) is 10.4. The monoisotopic (exact) mass is 162 g/mol. The molecule has 0 aromatic rings. The smallest absolute Gasteiger partial charge is 0.335 e. The van der Waals surface area contributed by atoms with Crippen LogP contribution in [-0.2, 0) is 9.53 Å². The van der Waals surface area contributed by atoms with Crippen molar-refractivity contribution in [3.05, 3.63) is 0 Å². The van der Waals surface area contributed by atoms with Crippen molar-refractivity contribution in [2.75, 3.05) is 7.11 Å². The number of aliphatic hydroxyl groups excluding tert-OH is 1. The van der Waals surface area contributed by atoms with E-state index in [1.54, 1.807) is 13.8 Å². The molecular weight excluding hydrogens is 148 g/mol. The summed E-state index contributed by atoms with van der Waals surface area (Å²) < 4.78 is 4.59. The molecule has 0 aromatic heterocycles. The first-order chi connectivity index (χ1) is 5.00. The van der Waals surface area contributed by atoms with Crippen LogP contribution >= 0.6 is 0 Å². The number of carbonyl (C=O) groups is 1. The van der Waals surface area contributed by atoms with Crippen LogP contribution in [0.25, 0.3) is 0 Å². The van der Waals surface area contributed by atoms with E-state index in [1.165, 1.54) is 7.11 Å². The molecule has 0 aliphatic heterocycles. The van der Waals surface area contributed by atoms with Gasteiger partial charge in [0, 0.05) is 7.11 Å². The zero-order valence-electron chi connectivity index (χ0n) is 6.94. The Morgan fingerprint density at radius 3 is 2.00 bits per heavy atom. The van der Waals surface area contributed by atoms with E-state index in [-0.39, 0.29) is 5.92 Å². The molecule has 0 aliphatic rings. The van der Waals surface area contributed by atoms with Crippen LogP contribution in [0.1, 0.15) is 13.8 Å². The number of aliphatic hydroxyl groups is 1. The molecule has 2 N–H and O–H groups in total. The van der Waals surface area contributed by atoms with Gasteiger partial charge in [-0.05, 0) is 5.92 Å². The van der Waals surface area contributed by atoms with Crippen molar-refractivity contribution in [1.82, 2.24) is 0 Å². The molecule has 0 radical (unpaired) electrons.